The van der Waals surface area contributed by atoms with E-state index < -0.39 is 5.60 Å². The molecule has 1 spiro atoms. The van der Waals surface area contributed by atoms with Crippen molar-refractivity contribution < 1.29 is 10.2 Å². The number of nitrogens with one attached hydrogen (secondary N) is 1. The quantitative estimate of drug-likeness (QED) is 0.347. The Morgan fingerprint density at radius 1 is 0.907 bits per heavy atom. The number of hydrazine groups is 2. The maximum Gasteiger partial charge on any atom is 0.139 e. The maximum absolute atomic E-state index is 13.2. The summed E-state index contributed by atoms with van der Waals surface area (Å²) in [6.07, 6.45) is 18.6. The molecule has 4 saturated heterocycles. The van der Waals surface area contributed by atoms with Gasteiger partial charge in [-0.3, -0.25) is 4.98 Å². The molecular formula is C35H44N6O2. The minimum absolute atomic E-state index is 0.0440. The number of para-hydroxylation sites is 1. The topological polar surface area (TPSA) is 82.1 Å². The number of fused-ring (bicyclic) bond motifs is 7. The van der Waals surface area contributed by atoms with Crippen molar-refractivity contribution in [3.63, 3.8) is 0 Å². The van der Waals surface area contributed by atoms with Crippen LogP contribution in [0.25, 0.3) is 27.4 Å². The largest absolute Gasteiger partial charge is 0.506 e. The Morgan fingerprint density at radius 3 is 2.77 bits per heavy atom. The molecule has 1 aromatic carbocycles. The second-order valence-corrected chi connectivity index (χ2v) is 14.2. The van der Waals surface area contributed by atoms with E-state index in [0.717, 1.165) is 92.5 Å². The van der Waals surface area contributed by atoms with Crippen molar-refractivity contribution in [2.24, 2.45) is 11.3 Å². The molecule has 3 aromatic rings. The Balaban J connectivity index is 1.27. The molecule has 6 unspecified atom stereocenters. The van der Waals surface area contributed by atoms with Crippen LogP contribution in [-0.4, -0.2) is 97.2 Å². The van der Waals surface area contributed by atoms with Crippen molar-refractivity contribution >= 4 is 27.4 Å². The zero-order chi connectivity index (χ0) is 28.8. The van der Waals surface area contributed by atoms with E-state index >= 15 is 0 Å². The summed E-state index contributed by atoms with van der Waals surface area (Å²) in [6.45, 7) is 6.58. The van der Waals surface area contributed by atoms with Crippen LogP contribution in [0.3, 0.4) is 0 Å². The van der Waals surface area contributed by atoms with E-state index in [2.05, 4.69) is 55.4 Å². The van der Waals surface area contributed by atoms with Crippen LogP contribution in [0.2, 0.25) is 0 Å². The van der Waals surface area contributed by atoms with Crippen LogP contribution in [0.4, 0.5) is 0 Å². The van der Waals surface area contributed by atoms with E-state index in [1.165, 1.54) is 31.3 Å². The number of piperidine rings is 1. The van der Waals surface area contributed by atoms with E-state index in [1.54, 1.807) is 6.07 Å². The van der Waals surface area contributed by atoms with Gasteiger partial charge in [-0.15, -0.1) is 0 Å². The molecule has 9 rings (SSSR count). The van der Waals surface area contributed by atoms with Crippen molar-refractivity contribution in [2.75, 3.05) is 39.3 Å². The third kappa shape index (κ3) is 3.89. The Kier molecular flexibility index (Phi) is 6.12. The summed E-state index contributed by atoms with van der Waals surface area (Å²) in [6, 6.07) is 8.29. The van der Waals surface area contributed by atoms with Crippen LogP contribution < -0.4 is 0 Å². The number of H-pyrrole nitrogens is 1. The second-order valence-electron chi connectivity index (χ2n) is 14.2. The van der Waals surface area contributed by atoms with Crippen LogP contribution >= 0.6 is 0 Å². The van der Waals surface area contributed by atoms with Gasteiger partial charge in [0.1, 0.15) is 11.4 Å². The van der Waals surface area contributed by atoms with Gasteiger partial charge in [0.2, 0.25) is 0 Å². The van der Waals surface area contributed by atoms with Gasteiger partial charge in [0.15, 0.2) is 0 Å². The molecule has 3 N–H and O–H groups in total. The number of aromatic nitrogens is 2. The number of aromatic amines is 1. The Bertz CT molecular complexity index is 1630. The normalized spacial score (nSPS) is 37.0. The molecular weight excluding hydrogens is 536 g/mol. The Morgan fingerprint density at radius 2 is 1.81 bits per heavy atom. The van der Waals surface area contributed by atoms with E-state index in [9.17, 15) is 10.2 Å². The molecule has 5 aliphatic heterocycles. The van der Waals surface area contributed by atoms with Crippen LogP contribution in [-0.2, 0) is 0 Å². The van der Waals surface area contributed by atoms with Crippen molar-refractivity contribution in [3.8, 4) is 5.75 Å². The van der Waals surface area contributed by atoms with Gasteiger partial charge in [-0.25, -0.2) is 10.0 Å². The number of phenolic OH excluding ortho intramolecular Hbond substituents is 1. The molecule has 226 valence electrons. The fourth-order valence-electron chi connectivity index (χ4n) is 10.3. The third-order valence-corrected chi connectivity index (χ3v) is 11.9. The molecule has 43 heavy (non-hydrogen) atoms. The summed E-state index contributed by atoms with van der Waals surface area (Å²) in [4.78, 5) is 11.4. The van der Waals surface area contributed by atoms with Gasteiger partial charge in [-0.1, -0.05) is 24.3 Å². The van der Waals surface area contributed by atoms with Crippen LogP contribution in [0.15, 0.2) is 48.7 Å². The van der Waals surface area contributed by atoms with Crippen molar-refractivity contribution in [1.82, 2.24) is 30.0 Å². The Labute approximate surface area is 253 Å². The molecule has 8 heteroatoms. The highest BCUT2D eigenvalue weighted by atomic mass is 16.3. The lowest BCUT2D eigenvalue weighted by atomic mass is 9.54. The van der Waals surface area contributed by atoms with E-state index in [0.29, 0.717) is 18.4 Å². The van der Waals surface area contributed by atoms with Crippen LogP contribution in [0.5, 0.6) is 5.75 Å². The van der Waals surface area contributed by atoms with Gasteiger partial charge in [-0.05, 0) is 101 Å². The fraction of sp³-hybridized carbons (Fsp3) is 0.571. The number of aliphatic hydroxyl groups is 1. The molecule has 7 heterocycles. The smallest absolute Gasteiger partial charge is 0.139 e. The average molecular weight is 581 g/mol. The molecule has 6 aliphatic rings. The molecule has 1 aliphatic carbocycles. The molecule has 0 saturated carbocycles. The first-order valence-corrected chi connectivity index (χ1v) is 16.8. The number of phenols is 1. The highest BCUT2D eigenvalue weighted by Crippen LogP contribution is 2.62. The summed E-state index contributed by atoms with van der Waals surface area (Å²) in [5.74, 6) is 0.577. The van der Waals surface area contributed by atoms with Crippen molar-refractivity contribution in [1.29, 1.82) is 0 Å². The lowest BCUT2D eigenvalue weighted by molar-refractivity contribution is -0.243. The number of aromatic hydroxyl groups is 1. The maximum atomic E-state index is 13.2. The zero-order valence-electron chi connectivity index (χ0n) is 25.1. The summed E-state index contributed by atoms with van der Waals surface area (Å²) in [5, 5.41) is 33.8. The minimum atomic E-state index is -0.981. The molecule has 2 aromatic heterocycles. The number of benzene rings is 1. The number of nitrogens with zero attached hydrogens (tertiary/aromatic N) is 5. The molecule has 4 fully saturated rings. The highest BCUT2D eigenvalue weighted by Gasteiger charge is 2.68. The molecule has 8 nitrogen and oxygen atoms in total. The molecule has 0 radical (unpaired) electrons. The minimum Gasteiger partial charge on any atom is -0.506 e. The van der Waals surface area contributed by atoms with Crippen molar-refractivity contribution in [2.45, 2.75) is 75.5 Å². The van der Waals surface area contributed by atoms with Gasteiger partial charge >= 0.3 is 0 Å². The predicted molar refractivity (Wildman–Crippen MR) is 169 cm³/mol. The summed E-state index contributed by atoms with van der Waals surface area (Å²) < 4.78 is 0. The lowest BCUT2D eigenvalue weighted by Gasteiger charge is -2.59. The summed E-state index contributed by atoms with van der Waals surface area (Å²) in [7, 11) is 0. The van der Waals surface area contributed by atoms with Gasteiger partial charge in [0.25, 0.3) is 0 Å². The molecule has 6 atom stereocenters. The number of hydrogen-bond donors (Lipinski definition) is 3. The first-order valence-electron chi connectivity index (χ1n) is 16.8. The highest BCUT2D eigenvalue weighted by molar-refractivity contribution is 6.11. The van der Waals surface area contributed by atoms with Crippen LogP contribution in [0.1, 0.15) is 63.5 Å². The number of pyridine rings is 1. The Hall–Kier alpha value is -2.75. The molecule has 3 bridgehead atoms. The number of rotatable bonds is 1. The first-order chi connectivity index (χ1) is 21.1. The SMILES string of the molecule is Oc1cccc2c1[nH]c1c(C3=CC4(O)CCC=CCCCCN5CCC3C3(CC6CCN7CCCN7N6C43)C5)nccc12. The standard InChI is InChI=1S/C35H44N6O2/c42-29-10-7-9-25-26-11-15-36-31(32(26)37-30(25)29)27-22-35(43)14-5-3-1-2-4-6-16-38-19-13-28(27)34(23-38)21-24-12-20-39-17-8-18-40(39)41(24)33(34)35/h1,3,7,9-11,15,22,24,28,33,37,42-43H,2,4-6,8,12-14,16-21,23H2. The number of hydrogen-bond acceptors (Lipinski definition) is 7. The summed E-state index contributed by atoms with van der Waals surface area (Å²) >= 11 is 0. The lowest BCUT2D eigenvalue weighted by Crippen LogP contribution is -2.69. The van der Waals surface area contributed by atoms with E-state index in [4.69, 9.17) is 4.98 Å². The fourth-order valence-corrected chi connectivity index (χ4v) is 10.3. The zero-order valence-corrected chi connectivity index (χ0v) is 25.1. The monoisotopic (exact) mass is 580 g/mol. The summed E-state index contributed by atoms with van der Waals surface area (Å²) in [5.41, 5.74) is 2.86. The van der Waals surface area contributed by atoms with Gasteiger partial charge in [0, 0.05) is 54.6 Å². The van der Waals surface area contributed by atoms with Crippen molar-refractivity contribution in [3.05, 3.63) is 54.4 Å². The first kappa shape index (κ1) is 26.6. The molecule has 0 amide bonds. The van der Waals surface area contributed by atoms with E-state index in [-0.39, 0.29) is 17.2 Å². The second kappa shape index (κ2) is 9.88. The van der Waals surface area contributed by atoms with Gasteiger partial charge in [-0.2, -0.15) is 5.12 Å². The number of allylic oxidation sites excluding steroid dienone is 3. The van der Waals surface area contributed by atoms with Crippen LogP contribution in [0, 0.1) is 11.3 Å². The average Bonchev–Trinajstić information content (AvgIpc) is 3.72. The predicted octanol–water partition coefficient (Wildman–Crippen LogP) is 5.06. The van der Waals surface area contributed by atoms with Gasteiger partial charge in [0.05, 0.1) is 22.8 Å². The third-order valence-electron chi connectivity index (χ3n) is 11.9. The van der Waals surface area contributed by atoms with E-state index in [1.807, 2.05) is 12.3 Å². The van der Waals surface area contributed by atoms with Gasteiger partial charge < -0.3 is 20.1 Å².